The molecule has 1 aliphatic heterocycles. The smallest absolute Gasteiger partial charge is 0.229 e. The maximum Gasteiger partial charge on any atom is 0.229 e. The molecule has 4 rings (SSSR count). The van der Waals surface area contributed by atoms with Crippen LogP contribution in [0.4, 0.5) is 11.4 Å². The number of carbonyl (C=O) groups excluding carboxylic acids is 2. The molecule has 1 fully saturated rings. The van der Waals surface area contributed by atoms with Crippen molar-refractivity contribution in [2.75, 3.05) is 23.9 Å². The zero-order valence-corrected chi connectivity index (χ0v) is 17.5. The Morgan fingerprint density at radius 1 is 0.968 bits per heavy atom. The van der Waals surface area contributed by atoms with Gasteiger partial charge in [-0.25, -0.2) is 0 Å². The van der Waals surface area contributed by atoms with E-state index in [9.17, 15) is 9.59 Å². The standard InChI is InChI=1S/C25H24N2O4/c1-17-7-3-5-9-22(17)31-20-13-11-19(12-14-20)26-25(29)18-15-24(28)27(16-18)21-8-4-6-10-23(21)30-2/h3-14,18H,15-16H2,1-2H3,(H,26,29)/t18-/m1/s1. The Hall–Kier alpha value is -3.80. The van der Waals surface area contributed by atoms with E-state index < -0.39 is 5.92 Å². The van der Waals surface area contributed by atoms with Gasteiger partial charge in [-0.3, -0.25) is 9.59 Å². The lowest BCUT2D eigenvalue weighted by Gasteiger charge is -2.19. The lowest BCUT2D eigenvalue weighted by atomic mass is 10.1. The van der Waals surface area contributed by atoms with Crippen molar-refractivity contribution < 1.29 is 19.1 Å². The minimum absolute atomic E-state index is 0.0911. The largest absolute Gasteiger partial charge is 0.495 e. The molecule has 0 radical (unpaired) electrons. The second kappa shape index (κ2) is 8.92. The summed E-state index contributed by atoms with van der Waals surface area (Å²) in [6.45, 7) is 2.31. The number of ether oxygens (including phenoxy) is 2. The van der Waals surface area contributed by atoms with Crippen molar-refractivity contribution in [2.45, 2.75) is 13.3 Å². The zero-order valence-electron chi connectivity index (χ0n) is 17.5. The summed E-state index contributed by atoms with van der Waals surface area (Å²) in [7, 11) is 1.57. The third kappa shape index (κ3) is 4.53. The molecule has 1 saturated heterocycles. The van der Waals surface area contributed by atoms with Crippen molar-refractivity contribution in [1.82, 2.24) is 0 Å². The molecule has 0 saturated carbocycles. The van der Waals surface area contributed by atoms with Gasteiger partial charge in [0.05, 0.1) is 18.7 Å². The van der Waals surface area contributed by atoms with Crippen LogP contribution in [-0.4, -0.2) is 25.5 Å². The summed E-state index contributed by atoms with van der Waals surface area (Å²) in [5.41, 5.74) is 2.39. The molecule has 1 aliphatic rings. The first-order valence-corrected chi connectivity index (χ1v) is 10.1. The van der Waals surface area contributed by atoms with Crippen molar-refractivity contribution in [1.29, 1.82) is 0 Å². The first-order chi connectivity index (χ1) is 15.0. The normalized spacial score (nSPS) is 15.6. The predicted molar refractivity (Wildman–Crippen MR) is 120 cm³/mol. The van der Waals surface area contributed by atoms with Gasteiger partial charge in [-0.1, -0.05) is 30.3 Å². The first kappa shape index (κ1) is 20.5. The Bertz CT molecular complexity index is 1090. The molecule has 2 amide bonds. The topological polar surface area (TPSA) is 67.9 Å². The number of aryl methyl sites for hydroxylation is 1. The number of amides is 2. The Morgan fingerprint density at radius 2 is 1.65 bits per heavy atom. The summed E-state index contributed by atoms with van der Waals surface area (Å²) in [6.07, 6.45) is 0.165. The van der Waals surface area contributed by atoms with E-state index >= 15 is 0 Å². The number of nitrogens with one attached hydrogen (secondary N) is 1. The molecule has 0 bridgehead atoms. The Balaban J connectivity index is 1.39. The van der Waals surface area contributed by atoms with Gasteiger partial charge in [-0.2, -0.15) is 0 Å². The summed E-state index contributed by atoms with van der Waals surface area (Å²) >= 11 is 0. The Labute approximate surface area is 181 Å². The van der Waals surface area contributed by atoms with Crippen LogP contribution in [0.25, 0.3) is 0 Å². The van der Waals surface area contributed by atoms with Gasteiger partial charge in [-0.05, 0) is 55.0 Å². The highest BCUT2D eigenvalue weighted by Crippen LogP contribution is 2.33. The minimum atomic E-state index is -0.430. The van der Waals surface area contributed by atoms with Gasteiger partial charge >= 0.3 is 0 Å². The van der Waals surface area contributed by atoms with Crippen molar-refractivity contribution >= 4 is 23.2 Å². The van der Waals surface area contributed by atoms with Crippen LogP contribution in [0.1, 0.15) is 12.0 Å². The number of rotatable bonds is 6. The average molecular weight is 416 g/mol. The van der Waals surface area contributed by atoms with Crippen LogP contribution in [0.2, 0.25) is 0 Å². The SMILES string of the molecule is COc1ccccc1N1C[C@H](C(=O)Nc2ccc(Oc3ccccc3C)cc2)CC1=O. The van der Waals surface area contributed by atoms with Gasteiger partial charge in [0.15, 0.2) is 0 Å². The quantitative estimate of drug-likeness (QED) is 0.628. The Morgan fingerprint density at radius 3 is 2.35 bits per heavy atom. The molecule has 0 spiro atoms. The Kier molecular flexibility index (Phi) is 5.89. The van der Waals surface area contributed by atoms with Gasteiger partial charge < -0.3 is 19.7 Å². The van der Waals surface area contributed by atoms with Gasteiger partial charge in [0.1, 0.15) is 17.2 Å². The zero-order chi connectivity index (χ0) is 21.8. The summed E-state index contributed by atoms with van der Waals surface area (Å²) in [5, 5.41) is 2.90. The monoisotopic (exact) mass is 416 g/mol. The number of hydrogen-bond acceptors (Lipinski definition) is 4. The molecular formula is C25H24N2O4. The second-order valence-electron chi connectivity index (χ2n) is 7.46. The molecule has 1 atom stereocenters. The van der Waals surface area contributed by atoms with E-state index in [2.05, 4.69) is 5.32 Å². The van der Waals surface area contributed by atoms with Crippen LogP contribution >= 0.6 is 0 Å². The fourth-order valence-electron chi connectivity index (χ4n) is 3.62. The van der Waals surface area contributed by atoms with Crippen molar-refractivity contribution in [3.8, 4) is 17.2 Å². The number of carbonyl (C=O) groups is 2. The number of benzene rings is 3. The number of anilines is 2. The van der Waals surface area contributed by atoms with E-state index in [1.807, 2.05) is 61.5 Å². The van der Waals surface area contributed by atoms with E-state index in [1.165, 1.54) is 0 Å². The van der Waals surface area contributed by atoms with Gasteiger partial charge in [0.2, 0.25) is 11.8 Å². The van der Waals surface area contributed by atoms with Crippen LogP contribution in [0, 0.1) is 12.8 Å². The van der Waals surface area contributed by atoms with Crippen LogP contribution in [0.3, 0.4) is 0 Å². The fraction of sp³-hybridized carbons (Fsp3) is 0.200. The van der Waals surface area contributed by atoms with Crippen LogP contribution in [0.5, 0.6) is 17.2 Å². The molecule has 1 heterocycles. The van der Waals surface area contributed by atoms with Crippen LogP contribution in [-0.2, 0) is 9.59 Å². The number of para-hydroxylation sites is 3. The van der Waals surface area contributed by atoms with Crippen LogP contribution in [0.15, 0.2) is 72.8 Å². The molecule has 3 aromatic rings. The molecular weight excluding hydrogens is 392 g/mol. The molecule has 31 heavy (non-hydrogen) atoms. The molecule has 0 unspecified atom stereocenters. The fourth-order valence-corrected chi connectivity index (χ4v) is 3.62. The number of nitrogens with zero attached hydrogens (tertiary/aromatic N) is 1. The van der Waals surface area contributed by atoms with Crippen molar-refractivity contribution in [2.24, 2.45) is 5.92 Å². The van der Waals surface area contributed by atoms with Crippen LogP contribution < -0.4 is 19.7 Å². The van der Waals surface area contributed by atoms with Gasteiger partial charge in [0, 0.05) is 18.7 Å². The lowest BCUT2D eigenvalue weighted by Crippen LogP contribution is -2.28. The number of hydrogen-bond donors (Lipinski definition) is 1. The molecule has 6 heteroatoms. The van der Waals surface area contributed by atoms with Crippen molar-refractivity contribution in [3.63, 3.8) is 0 Å². The summed E-state index contributed by atoms with van der Waals surface area (Å²) in [4.78, 5) is 26.9. The van der Waals surface area contributed by atoms with E-state index in [1.54, 1.807) is 30.2 Å². The minimum Gasteiger partial charge on any atom is -0.495 e. The third-order valence-corrected chi connectivity index (χ3v) is 5.32. The molecule has 0 aromatic heterocycles. The number of methoxy groups -OCH3 is 1. The molecule has 0 aliphatic carbocycles. The second-order valence-corrected chi connectivity index (χ2v) is 7.46. The molecule has 158 valence electrons. The van der Waals surface area contributed by atoms with Crippen molar-refractivity contribution in [3.05, 3.63) is 78.4 Å². The molecule has 6 nitrogen and oxygen atoms in total. The summed E-state index contributed by atoms with van der Waals surface area (Å²) in [5.74, 6) is 1.39. The highest BCUT2D eigenvalue weighted by Gasteiger charge is 2.36. The average Bonchev–Trinajstić information content (AvgIpc) is 3.18. The van der Waals surface area contributed by atoms with E-state index in [0.717, 1.165) is 11.3 Å². The summed E-state index contributed by atoms with van der Waals surface area (Å²) < 4.78 is 11.2. The van der Waals surface area contributed by atoms with Gasteiger partial charge in [0.25, 0.3) is 0 Å². The molecule has 3 aromatic carbocycles. The third-order valence-electron chi connectivity index (χ3n) is 5.32. The van der Waals surface area contributed by atoms with Gasteiger partial charge in [-0.15, -0.1) is 0 Å². The summed E-state index contributed by atoms with van der Waals surface area (Å²) in [6, 6.07) is 22.3. The highest BCUT2D eigenvalue weighted by molar-refractivity contribution is 6.04. The lowest BCUT2D eigenvalue weighted by molar-refractivity contribution is -0.122. The molecule has 1 N–H and O–H groups in total. The highest BCUT2D eigenvalue weighted by atomic mass is 16.5. The van der Waals surface area contributed by atoms with E-state index in [0.29, 0.717) is 29.4 Å². The van der Waals surface area contributed by atoms with E-state index in [4.69, 9.17) is 9.47 Å². The van der Waals surface area contributed by atoms with E-state index in [-0.39, 0.29) is 18.2 Å². The first-order valence-electron chi connectivity index (χ1n) is 10.1. The maximum atomic E-state index is 12.8. The maximum absolute atomic E-state index is 12.8. The predicted octanol–water partition coefficient (Wildman–Crippen LogP) is 4.79.